The second-order valence-electron chi connectivity index (χ2n) is 3.95. The zero-order valence-corrected chi connectivity index (χ0v) is 10.5. The highest BCUT2D eigenvalue weighted by Crippen LogP contribution is 2.30. The normalized spacial score (nSPS) is 17.3. The van der Waals surface area contributed by atoms with Gasteiger partial charge in [-0.1, -0.05) is 11.6 Å². The van der Waals surface area contributed by atoms with Gasteiger partial charge in [0.1, 0.15) is 11.6 Å². The minimum Gasteiger partial charge on any atom is -0.220 e. The van der Waals surface area contributed by atoms with E-state index in [0.29, 0.717) is 31.5 Å². The van der Waals surface area contributed by atoms with Crippen LogP contribution < -0.4 is 0 Å². The summed E-state index contributed by atoms with van der Waals surface area (Å²) in [5.74, 6) is -1.11. The van der Waals surface area contributed by atoms with Crippen molar-refractivity contribution in [3.8, 4) is 0 Å². The van der Waals surface area contributed by atoms with Crippen LogP contribution in [0.25, 0.3) is 5.83 Å². The molecule has 0 N–H and O–H groups in total. The molecule has 0 spiro atoms. The molecule has 1 heterocycles. The number of nitrogens with zero attached hydrogens (tertiary/aromatic N) is 1. The first kappa shape index (κ1) is 12.8. The van der Waals surface area contributed by atoms with Gasteiger partial charge in [0.2, 0.25) is 0 Å². The highest BCUT2D eigenvalue weighted by molar-refractivity contribution is 6.30. The number of halogens is 4. The van der Waals surface area contributed by atoms with Gasteiger partial charge in [-0.05, 0) is 48.4 Å². The van der Waals surface area contributed by atoms with Crippen LogP contribution in [0.3, 0.4) is 0 Å². The summed E-state index contributed by atoms with van der Waals surface area (Å²) in [6.45, 7) is 1.17. The van der Waals surface area contributed by atoms with Crippen molar-refractivity contribution < 1.29 is 8.78 Å². The maximum Gasteiger partial charge on any atom is 0.134 e. The van der Waals surface area contributed by atoms with E-state index in [4.69, 9.17) is 23.4 Å². The molecule has 0 aliphatic carbocycles. The van der Waals surface area contributed by atoms with Gasteiger partial charge in [0.25, 0.3) is 0 Å². The lowest BCUT2D eigenvalue weighted by molar-refractivity contribution is 0.417. The van der Waals surface area contributed by atoms with Gasteiger partial charge in [0.15, 0.2) is 0 Å². The Kier molecular flexibility index (Phi) is 4.02. The summed E-state index contributed by atoms with van der Waals surface area (Å²) in [6, 6.07) is 3.97. The molecular formula is C12H11Cl2F2N. The van der Waals surface area contributed by atoms with E-state index in [1.165, 1.54) is 12.1 Å². The summed E-state index contributed by atoms with van der Waals surface area (Å²) in [6.07, 6.45) is 1.05. The molecule has 1 aromatic carbocycles. The van der Waals surface area contributed by atoms with Crippen molar-refractivity contribution in [1.82, 2.24) is 4.42 Å². The molecule has 1 aromatic rings. The van der Waals surface area contributed by atoms with E-state index in [0.717, 1.165) is 6.07 Å². The molecule has 1 fully saturated rings. The third-order valence-corrected chi connectivity index (χ3v) is 3.36. The molecule has 2 rings (SSSR count). The van der Waals surface area contributed by atoms with Gasteiger partial charge in [-0.3, -0.25) is 0 Å². The van der Waals surface area contributed by atoms with Gasteiger partial charge >= 0.3 is 0 Å². The largest absolute Gasteiger partial charge is 0.220 e. The van der Waals surface area contributed by atoms with E-state index >= 15 is 0 Å². The monoisotopic (exact) mass is 277 g/mol. The quantitative estimate of drug-likeness (QED) is 0.688. The Labute approximate surface area is 109 Å². The van der Waals surface area contributed by atoms with Crippen LogP contribution in [0.15, 0.2) is 23.8 Å². The first-order valence-electron chi connectivity index (χ1n) is 5.31. The molecule has 0 amide bonds. The second-order valence-corrected chi connectivity index (χ2v) is 4.87. The van der Waals surface area contributed by atoms with Crippen LogP contribution in [0.2, 0.25) is 5.02 Å². The summed E-state index contributed by atoms with van der Waals surface area (Å²) in [4.78, 5) is 0. The average molecular weight is 278 g/mol. The Morgan fingerprint density at radius 1 is 1.24 bits per heavy atom. The molecular weight excluding hydrogens is 267 g/mol. The lowest BCUT2D eigenvalue weighted by Crippen LogP contribution is -2.22. The zero-order valence-electron chi connectivity index (χ0n) is 9.02. The van der Waals surface area contributed by atoms with Crippen molar-refractivity contribution in [3.63, 3.8) is 0 Å². The fourth-order valence-corrected chi connectivity index (χ4v) is 2.15. The fraction of sp³-hybridized carbons (Fsp3) is 0.333. The molecule has 0 atom stereocenters. The van der Waals surface area contributed by atoms with Gasteiger partial charge in [-0.15, -0.1) is 0 Å². The molecule has 1 aliphatic heterocycles. The van der Waals surface area contributed by atoms with Crippen molar-refractivity contribution in [3.05, 3.63) is 40.2 Å². The lowest BCUT2D eigenvalue weighted by atomic mass is 10.0. The maximum atomic E-state index is 14.1. The van der Waals surface area contributed by atoms with E-state index in [2.05, 4.69) is 0 Å². The Morgan fingerprint density at radius 2 is 1.88 bits per heavy atom. The van der Waals surface area contributed by atoms with Crippen molar-refractivity contribution in [2.75, 3.05) is 13.1 Å². The molecule has 1 saturated heterocycles. The molecule has 1 nitrogen and oxygen atoms in total. The Morgan fingerprint density at radius 3 is 2.47 bits per heavy atom. The maximum absolute atomic E-state index is 14.1. The van der Waals surface area contributed by atoms with Crippen molar-refractivity contribution in [1.29, 1.82) is 0 Å². The van der Waals surface area contributed by atoms with E-state index in [-0.39, 0.29) is 10.6 Å². The Bertz CT molecular complexity index is 450. The summed E-state index contributed by atoms with van der Waals surface area (Å²) < 4.78 is 29.2. The van der Waals surface area contributed by atoms with Gasteiger partial charge in [-0.2, -0.15) is 0 Å². The first-order chi connectivity index (χ1) is 8.08. The summed E-state index contributed by atoms with van der Waals surface area (Å²) in [7, 11) is 0. The number of rotatable bonds is 1. The minimum atomic E-state index is -0.629. The fourth-order valence-electron chi connectivity index (χ4n) is 1.83. The number of hydrogen-bond acceptors (Lipinski definition) is 1. The van der Waals surface area contributed by atoms with Crippen LogP contribution in [-0.2, 0) is 0 Å². The smallest absolute Gasteiger partial charge is 0.134 e. The highest BCUT2D eigenvalue weighted by Gasteiger charge is 2.18. The molecule has 0 saturated carbocycles. The predicted octanol–water partition coefficient (Wildman–Crippen LogP) is 4.41. The SMILES string of the molecule is FC(=C1CCN(Cl)CC1)c1ccc(Cl)cc1F. The molecule has 17 heavy (non-hydrogen) atoms. The van der Waals surface area contributed by atoms with Crippen LogP contribution in [0, 0.1) is 5.82 Å². The van der Waals surface area contributed by atoms with Crippen LogP contribution in [0.5, 0.6) is 0 Å². The Hall–Kier alpha value is -0.640. The lowest BCUT2D eigenvalue weighted by Gasteiger charge is -2.22. The van der Waals surface area contributed by atoms with Crippen molar-refractivity contribution in [2.24, 2.45) is 0 Å². The molecule has 0 aromatic heterocycles. The third-order valence-electron chi connectivity index (χ3n) is 2.79. The minimum absolute atomic E-state index is 0.0209. The van der Waals surface area contributed by atoms with Gasteiger partial charge in [0.05, 0.1) is 0 Å². The Balaban J connectivity index is 2.29. The van der Waals surface area contributed by atoms with Crippen LogP contribution in [0.1, 0.15) is 18.4 Å². The molecule has 0 bridgehead atoms. The number of piperidine rings is 1. The molecule has 92 valence electrons. The molecule has 1 aliphatic rings. The van der Waals surface area contributed by atoms with Crippen molar-refractivity contribution in [2.45, 2.75) is 12.8 Å². The van der Waals surface area contributed by atoms with E-state index in [1.807, 2.05) is 0 Å². The van der Waals surface area contributed by atoms with E-state index < -0.39 is 11.6 Å². The van der Waals surface area contributed by atoms with E-state index in [1.54, 1.807) is 4.42 Å². The van der Waals surface area contributed by atoms with Gasteiger partial charge < -0.3 is 0 Å². The summed E-state index contributed by atoms with van der Waals surface area (Å²) in [5.41, 5.74) is 0.593. The number of hydrogen-bond donors (Lipinski definition) is 0. The zero-order chi connectivity index (χ0) is 12.4. The predicted molar refractivity (Wildman–Crippen MR) is 66.1 cm³/mol. The van der Waals surface area contributed by atoms with E-state index in [9.17, 15) is 8.78 Å². The summed E-state index contributed by atoms with van der Waals surface area (Å²) in [5, 5.41) is 0.264. The van der Waals surface area contributed by atoms with Crippen LogP contribution in [-0.4, -0.2) is 17.5 Å². The first-order valence-corrected chi connectivity index (χ1v) is 6.03. The summed E-state index contributed by atoms with van der Waals surface area (Å²) >= 11 is 11.4. The second kappa shape index (κ2) is 5.34. The van der Waals surface area contributed by atoms with Gasteiger partial charge in [-0.25, -0.2) is 13.2 Å². The van der Waals surface area contributed by atoms with Gasteiger partial charge in [0, 0.05) is 23.7 Å². The number of benzene rings is 1. The average Bonchev–Trinajstić information content (AvgIpc) is 2.29. The standard InChI is InChI=1S/C12H11Cl2F2N/c13-9-1-2-10(11(15)7-9)12(16)8-3-5-17(14)6-4-8/h1-2,7H,3-6H2. The van der Waals surface area contributed by atoms with Crippen LogP contribution in [0.4, 0.5) is 8.78 Å². The molecule has 0 unspecified atom stereocenters. The molecule has 0 radical (unpaired) electrons. The van der Waals surface area contributed by atoms with Crippen LogP contribution >= 0.6 is 23.4 Å². The molecule has 5 heteroatoms. The highest BCUT2D eigenvalue weighted by atomic mass is 35.5. The van der Waals surface area contributed by atoms with Crippen molar-refractivity contribution >= 4 is 29.2 Å². The topological polar surface area (TPSA) is 3.24 Å². The third kappa shape index (κ3) is 2.97.